The van der Waals surface area contributed by atoms with E-state index >= 15 is 0 Å². The summed E-state index contributed by atoms with van der Waals surface area (Å²) in [6.45, 7) is 20.1. The molecule has 0 aliphatic rings. The Morgan fingerprint density at radius 3 is 1.53 bits per heavy atom. The number of hydrogen-bond donors (Lipinski definition) is 0. The Kier molecular flexibility index (Phi) is 12.1. The molecule has 0 aromatic carbocycles. The molecule has 1 atom stereocenters. The van der Waals surface area contributed by atoms with Gasteiger partial charge in [-0.3, -0.25) is 0 Å². The van der Waals surface area contributed by atoms with Gasteiger partial charge >= 0.3 is 6.09 Å². The molecule has 0 radical (unpaired) electrons. The summed E-state index contributed by atoms with van der Waals surface area (Å²) in [4.78, 5) is 13.9. The molecule has 0 spiro atoms. The van der Waals surface area contributed by atoms with Gasteiger partial charge in [-0.05, 0) is 24.7 Å². The Morgan fingerprint density at radius 1 is 0.895 bits per heavy atom. The molecule has 0 aromatic heterocycles. The second-order valence-corrected chi connectivity index (χ2v) is 6.03. The average Bonchev–Trinajstić information content (AvgIpc) is 2.29. The molecule has 0 aliphatic heterocycles. The zero-order valence-electron chi connectivity index (χ0n) is 14.5. The summed E-state index contributed by atoms with van der Waals surface area (Å²) in [5.74, 6) is 1.30. The van der Waals surface area contributed by atoms with E-state index in [1.807, 2.05) is 25.7 Å². The van der Waals surface area contributed by atoms with Gasteiger partial charge in [0, 0.05) is 13.1 Å². The van der Waals surface area contributed by atoms with Crippen molar-refractivity contribution in [2.24, 2.45) is 17.8 Å². The van der Waals surface area contributed by atoms with Crippen molar-refractivity contribution in [1.29, 1.82) is 0 Å². The van der Waals surface area contributed by atoms with Gasteiger partial charge < -0.3 is 9.64 Å². The summed E-state index contributed by atoms with van der Waals surface area (Å²) in [7, 11) is 0. The first kappa shape index (κ1) is 20.6. The SMILES string of the molecule is CC.CC(C)CN(CC(C)C)C(=O)OC(C)C(C)C. The highest BCUT2D eigenvalue weighted by molar-refractivity contribution is 5.67. The highest BCUT2D eigenvalue weighted by Crippen LogP contribution is 2.11. The lowest BCUT2D eigenvalue weighted by Crippen LogP contribution is -2.39. The number of amides is 1. The van der Waals surface area contributed by atoms with E-state index in [1.54, 1.807) is 0 Å². The maximum atomic E-state index is 12.0. The van der Waals surface area contributed by atoms with Crippen LogP contribution in [0.15, 0.2) is 0 Å². The monoisotopic (exact) mass is 273 g/mol. The molecule has 0 saturated carbocycles. The Balaban J connectivity index is 0. The molecule has 1 unspecified atom stereocenters. The molecule has 0 fully saturated rings. The fourth-order valence-electron chi connectivity index (χ4n) is 1.47. The molecule has 3 nitrogen and oxygen atoms in total. The lowest BCUT2D eigenvalue weighted by molar-refractivity contribution is 0.0453. The largest absolute Gasteiger partial charge is 0.446 e. The predicted molar refractivity (Wildman–Crippen MR) is 83.4 cm³/mol. The van der Waals surface area contributed by atoms with Crippen LogP contribution in [0.3, 0.4) is 0 Å². The quantitative estimate of drug-likeness (QED) is 0.695. The number of carbonyl (C=O) groups excluding carboxylic acids is 1. The highest BCUT2D eigenvalue weighted by Gasteiger charge is 2.20. The summed E-state index contributed by atoms with van der Waals surface area (Å²) in [5.41, 5.74) is 0. The molecular formula is C16H35NO2. The van der Waals surface area contributed by atoms with Crippen LogP contribution in [0.5, 0.6) is 0 Å². The van der Waals surface area contributed by atoms with E-state index in [2.05, 4.69) is 41.5 Å². The van der Waals surface area contributed by atoms with Gasteiger partial charge in [-0.2, -0.15) is 0 Å². The van der Waals surface area contributed by atoms with Crippen LogP contribution in [0.2, 0.25) is 0 Å². The van der Waals surface area contributed by atoms with Gasteiger partial charge in [-0.25, -0.2) is 4.79 Å². The molecule has 0 rings (SSSR count). The summed E-state index contributed by atoms with van der Waals surface area (Å²) in [5, 5.41) is 0. The number of ether oxygens (including phenoxy) is 1. The minimum atomic E-state index is -0.173. The first-order valence-corrected chi connectivity index (χ1v) is 7.69. The standard InChI is InChI=1S/C14H29NO2.C2H6/c1-10(2)8-15(9-11(3)4)14(16)17-13(7)12(5)6;1-2/h10-13H,8-9H2,1-7H3;1-2H3. The first-order valence-electron chi connectivity index (χ1n) is 7.69. The lowest BCUT2D eigenvalue weighted by Gasteiger charge is -2.28. The maximum Gasteiger partial charge on any atom is 0.410 e. The fourth-order valence-corrected chi connectivity index (χ4v) is 1.47. The minimum Gasteiger partial charge on any atom is -0.446 e. The summed E-state index contributed by atoms with van der Waals surface area (Å²) < 4.78 is 5.46. The highest BCUT2D eigenvalue weighted by atomic mass is 16.6. The summed E-state index contributed by atoms with van der Waals surface area (Å²) in [6.07, 6.45) is -0.196. The molecule has 0 aliphatic carbocycles. The molecule has 116 valence electrons. The Labute approximate surface area is 120 Å². The number of rotatable bonds is 6. The second-order valence-electron chi connectivity index (χ2n) is 6.03. The summed E-state index contributed by atoms with van der Waals surface area (Å²) in [6, 6.07) is 0. The molecule has 0 N–H and O–H groups in total. The van der Waals surface area contributed by atoms with E-state index in [0.717, 1.165) is 13.1 Å². The van der Waals surface area contributed by atoms with E-state index in [4.69, 9.17) is 4.74 Å². The number of hydrogen-bond acceptors (Lipinski definition) is 2. The second kappa shape index (κ2) is 11.1. The van der Waals surface area contributed by atoms with Crippen LogP contribution in [0.25, 0.3) is 0 Å². The van der Waals surface area contributed by atoms with Crippen molar-refractivity contribution in [2.75, 3.05) is 13.1 Å². The van der Waals surface area contributed by atoms with Crippen LogP contribution in [0, 0.1) is 17.8 Å². The van der Waals surface area contributed by atoms with Crippen LogP contribution in [-0.2, 0) is 4.74 Å². The third-order valence-corrected chi connectivity index (χ3v) is 2.65. The van der Waals surface area contributed by atoms with E-state index in [-0.39, 0.29) is 12.2 Å². The zero-order valence-corrected chi connectivity index (χ0v) is 14.5. The van der Waals surface area contributed by atoms with Crippen molar-refractivity contribution < 1.29 is 9.53 Å². The van der Waals surface area contributed by atoms with Crippen molar-refractivity contribution in [1.82, 2.24) is 4.90 Å². The molecule has 0 saturated heterocycles. The van der Waals surface area contributed by atoms with Crippen LogP contribution < -0.4 is 0 Å². The molecular weight excluding hydrogens is 238 g/mol. The Hall–Kier alpha value is -0.730. The van der Waals surface area contributed by atoms with E-state index < -0.39 is 0 Å². The van der Waals surface area contributed by atoms with E-state index in [0.29, 0.717) is 17.8 Å². The van der Waals surface area contributed by atoms with Gasteiger partial charge in [0.25, 0.3) is 0 Å². The molecule has 3 heteroatoms. The van der Waals surface area contributed by atoms with Gasteiger partial charge in [-0.15, -0.1) is 0 Å². The molecule has 1 amide bonds. The first-order chi connectivity index (χ1) is 8.73. The minimum absolute atomic E-state index is 0.0238. The van der Waals surface area contributed by atoms with Gasteiger partial charge in [0.15, 0.2) is 0 Å². The third kappa shape index (κ3) is 10.8. The van der Waals surface area contributed by atoms with Gasteiger partial charge in [0.2, 0.25) is 0 Å². The third-order valence-electron chi connectivity index (χ3n) is 2.65. The molecule has 0 bridgehead atoms. The fraction of sp³-hybridized carbons (Fsp3) is 0.938. The topological polar surface area (TPSA) is 29.5 Å². The zero-order chi connectivity index (χ0) is 15.6. The number of nitrogens with zero attached hydrogens (tertiary/aromatic N) is 1. The molecule has 0 aromatic rings. The molecule has 19 heavy (non-hydrogen) atoms. The van der Waals surface area contributed by atoms with Crippen molar-refractivity contribution in [3.63, 3.8) is 0 Å². The van der Waals surface area contributed by atoms with Crippen LogP contribution >= 0.6 is 0 Å². The van der Waals surface area contributed by atoms with Crippen LogP contribution in [0.4, 0.5) is 4.79 Å². The summed E-state index contributed by atoms with van der Waals surface area (Å²) >= 11 is 0. The number of carbonyl (C=O) groups is 1. The lowest BCUT2D eigenvalue weighted by atomic mass is 10.1. The Bertz CT molecular complexity index is 215. The van der Waals surface area contributed by atoms with Crippen molar-refractivity contribution in [3.8, 4) is 0 Å². The smallest absolute Gasteiger partial charge is 0.410 e. The van der Waals surface area contributed by atoms with Crippen molar-refractivity contribution in [2.45, 2.75) is 68.4 Å². The van der Waals surface area contributed by atoms with E-state index in [1.165, 1.54) is 0 Å². The van der Waals surface area contributed by atoms with Crippen LogP contribution in [0.1, 0.15) is 62.3 Å². The van der Waals surface area contributed by atoms with Gasteiger partial charge in [-0.1, -0.05) is 55.4 Å². The normalized spacial score (nSPS) is 12.2. The van der Waals surface area contributed by atoms with Crippen LogP contribution in [-0.4, -0.2) is 30.2 Å². The molecule has 0 heterocycles. The predicted octanol–water partition coefficient (Wildman–Crippen LogP) is 4.81. The van der Waals surface area contributed by atoms with E-state index in [9.17, 15) is 4.79 Å². The van der Waals surface area contributed by atoms with Crippen molar-refractivity contribution >= 4 is 6.09 Å². The van der Waals surface area contributed by atoms with Gasteiger partial charge in [0.1, 0.15) is 6.10 Å². The van der Waals surface area contributed by atoms with Crippen molar-refractivity contribution in [3.05, 3.63) is 0 Å². The maximum absolute atomic E-state index is 12.0. The Morgan fingerprint density at radius 2 is 1.26 bits per heavy atom. The van der Waals surface area contributed by atoms with Gasteiger partial charge in [0.05, 0.1) is 0 Å². The average molecular weight is 273 g/mol.